The molecule has 1 aromatic carbocycles. The summed E-state index contributed by atoms with van der Waals surface area (Å²) in [6.45, 7) is 0. The third kappa shape index (κ3) is 1.53. The van der Waals surface area contributed by atoms with Gasteiger partial charge in [0.2, 0.25) is 0 Å². The summed E-state index contributed by atoms with van der Waals surface area (Å²) >= 11 is 0. The van der Waals surface area contributed by atoms with Crippen LogP contribution in [0, 0.1) is 0 Å². The summed E-state index contributed by atoms with van der Waals surface area (Å²) in [7, 11) is 1.76. The highest BCUT2D eigenvalue weighted by atomic mass is 16.4. The predicted molar refractivity (Wildman–Crippen MR) is 63.1 cm³/mol. The lowest BCUT2D eigenvalue weighted by Crippen LogP contribution is -1.95. The molecule has 2 heterocycles. The number of imidazole rings is 1. The topological polar surface area (TPSA) is 96.7 Å². The van der Waals surface area contributed by atoms with Crippen LogP contribution in [0.1, 0.15) is 10.4 Å². The zero-order valence-electron chi connectivity index (χ0n) is 9.45. The largest absolute Gasteiger partial charge is 0.478 e. The van der Waals surface area contributed by atoms with Gasteiger partial charge in [-0.3, -0.25) is 0 Å². The van der Waals surface area contributed by atoms with Crippen LogP contribution in [-0.4, -0.2) is 36.0 Å². The summed E-state index contributed by atoms with van der Waals surface area (Å²) in [5.74, 6) is -0.352. The average molecular weight is 243 g/mol. The van der Waals surface area contributed by atoms with E-state index < -0.39 is 5.97 Å². The van der Waals surface area contributed by atoms with E-state index in [1.807, 2.05) is 0 Å². The van der Waals surface area contributed by atoms with Gasteiger partial charge in [-0.25, -0.2) is 14.5 Å². The smallest absolute Gasteiger partial charge is 0.335 e. The molecule has 0 radical (unpaired) electrons. The summed E-state index contributed by atoms with van der Waals surface area (Å²) in [5, 5.41) is 16.5. The zero-order chi connectivity index (χ0) is 12.7. The lowest BCUT2D eigenvalue weighted by Gasteiger charge is -1.93. The zero-order valence-corrected chi connectivity index (χ0v) is 9.45. The van der Waals surface area contributed by atoms with Crippen molar-refractivity contribution in [2.75, 3.05) is 0 Å². The Hall–Kier alpha value is -2.70. The summed E-state index contributed by atoms with van der Waals surface area (Å²) in [5.41, 5.74) is 2.34. The Bertz CT molecular complexity index is 743. The first-order valence-corrected chi connectivity index (χ1v) is 5.23. The van der Waals surface area contributed by atoms with Crippen LogP contribution in [0.3, 0.4) is 0 Å². The van der Waals surface area contributed by atoms with Crippen LogP contribution in [0.25, 0.3) is 22.6 Å². The second-order valence-electron chi connectivity index (χ2n) is 3.87. The van der Waals surface area contributed by atoms with Gasteiger partial charge in [0.1, 0.15) is 5.69 Å². The van der Waals surface area contributed by atoms with Crippen LogP contribution < -0.4 is 0 Å². The minimum atomic E-state index is -0.963. The normalized spacial score (nSPS) is 10.9. The number of fused-ring (bicyclic) bond motifs is 1. The van der Waals surface area contributed by atoms with Crippen molar-refractivity contribution < 1.29 is 9.90 Å². The molecule has 0 saturated heterocycles. The standard InChI is InChI=1S/C11H9N5O2/c1-16-9(5-12-15-16)10-13-7-3-2-6(11(17)18)4-8(7)14-10/h2-5H,1H3,(H,13,14)(H,17,18). The summed E-state index contributed by atoms with van der Waals surface area (Å²) in [6.07, 6.45) is 1.59. The molecule has 0 atom stereocenters. The van der Waals surface area contributed by atoms with Crippen LogP contribution in [0.2, 0.25) is 0 Å². The number of benzene rings is 1. The fraction of sp³-hybridized carbons (Fsp3) is 0.0909. The summed E-state index contributed by atoms with van der Waals surface area (Å²) in [6, 6.07) is 4.75. The molecule has 0 aliphatic heterocycles. The molecule has 0 bridgehead atoms. The van der Waals surface area contributed by atoms with Crippen LogP contribution in [0.15, 0.2) is 24.4 Å². The average Bonchev–Trinajstić information content (AvgIpc) is 2.92. The predicted octanol–water partition coefficient (Wildman–Crippen LogP) is 1.06. The molecule has 0 saturated carbocycles. The van der Waals surface area contributed by atoms with Gasteiger partial charge in [-0.15, -0.1) is 5.10 Å². The minimum Gasteiger partial charge on any atom is -0.478 e. The van der Waals surface area contributed by atoms with Gasteiger partial charge in [0, 0.05) is 7.05 Å². The lowest BCUT2D eigenvalue weighted by molar-refractivity contribution is 0.0697. The lowest BCUT2D eigenvalue weighted by atomic mass is 10.2. The molecule has 3 aromatic rings. The number of carbonyl (C=O) groups is 1. The molecule has 3 rings (SSSR count). The van der Waals surface area contributed by atoms with Crippen molar-refractivity contribution in [3.05, 3.63) is 30.0 Å². The Morgan fingerprint density at radius 3 is 2.94 bits per heavy atom. The number of carboxylic acid groups (broad SMARTS) is 1. The Balaban J connectivity index is 2.17. The molecule has 0 aliphatic carbocycles. The Labute approximate surface area is 101 Å². The molecule has 2 aromatic heterocycles. The van der Waals surface area contributed by atoms with Crippen molar-refractivity contribution >= 4 is 17.0 Å². The molecule has 7 heteroatoms. The first-order valence-electron chi connectivity index (χ1n) is 5.23. The second-order valence-corrected chi connectivity index (χ2v) is 3.87. The number of aromatic carboxylic acids is 1. The van der Waals surface area contributed by atoms with Gasteiger partial charge >= 0.3 is 5.97 Å². The monoisotopic (exact) mass is 243 g/mol. The molecule has 2 N–H and O–H groups in total. The van der Waals surface area contributed by atoms with E-state index in [0.29, 0.717) is 16.9 Å². The molecular weight excluding hydrogens is 234 g/mol. The molecule has 0 amide bonds. The number of aromatic nitrogens is 5. The number of aryl methyl sites for hydroxylation is 1. The SMILES string of the molecule is Cn1nncc1-c1nc2ccc(C(=O)O)cc2[nH]1. The number of aromatic amines is 1. The second kappa shape index (κ2) is 3.66. The summed E-state index contributed by atoms with van der Waals surface area (Å²) < 4.78 is 1.59. The van der Waals surface area contributed by atoms with Gasteiger partial charge in [0.25, 0.3) is 0 Å². The number of carboxylic acids is 1. The van der Waals surface area contributed by atoms with E-state index in [0.717, 1.165) is 5.69 Å². The third-order valence-electron chi connectivity index (χ3n) is 2.69. The maximum Gasteiger partial charge on any atom is 0.335 e. The summed E-state index contributed by atoms with van der Waals surface area (Å²) in [4.78, 5) is 18.3. The Morgan fingerprint density at radius 1 is 1.44 bits per heavy atom. The maximum atomic E-state index is 10.9. The van der Waals surface area contributed by atoms with E-state index in [1.165, 1.54) is 6.07 Å². The molecule has 18 heavy (non-hydrogen) atoms. The van der Waals surface area contributed by atoms with Crippen molar-refractivity contribution in [1.29, 1.82) is 0 Å². The van der Waals surface area contributed by atoms with Gasteiger partial charge in [-0.05, 0) is 18.2 Å². The van der Waals surface area contributed by atoms with Gasteiger partial charge < -0.3 is 10.1 Å². The minimum absolute atomic E-state index is 0.223. The molecule has 0 fully saturated rings. The third-order valence-corrected chi connectivity index (χ3v) is 2.69. The van der Waals surface area contributed by atoms with E-state index in [9.17, 15) is 4.79 Å². The van der Waals surface area contributed by atoms with Gasteiger partial charge in [0.05, 0.1) is 22.8 Å². The fourth-order valence-electron chi connectivity index (χ4n) is 1.77. The first kappa shape index (κ1) is 10.5. The Morgan fingerprint density at radius 2 is 2.28 bits per heavy atom. The highest BCUT2D eigenvalue weighted by Crippen LogP contribution is 2.20. The van der Waals surface area contributed by atoms with Gasteiger partial charge in [-0.1, -0.05) is 5.21 Å². The number of H-pyrrole nitrogens is 1. The van der Waals surface area contributed by atoms with Crippen LogP contribution >= 0.6 is 0 Å². The molecule has 0 spiro atoms. The van der Waals surface area contributed by atoms with E-state index >= 15 is 0 Å². The molecule has 0 aliphatic rings. The fourth-order valence-corrected chi connectivity index (χ4v) is 1.77. The van der Waals surface area contributed by atoms with E-state index in [1.54, 1.807) is 30.1 Å². The maximum absolute atomic E-state index is 10.9. The van der Waals surface area contributed by atoms with Crippen molar-refractivity contribution in [1.82, 2.24) is 25.0 Å². The van der Waals surface area contributed by atoms with E-state index in [4.69, 9.17) is 5.11 Å². The van der Waals surface area contributed by atoms with Crippen molar-refractivity contribution in [3.63, 3.8) is 0 Å². The molecule has 0 unspecified atom stereocenters. The van der Waals surface area contributed by atoms with Crippen LogP contribution in [-0.2, 0) is 7.05 Å². The van der Waals surface area contributed by atoms with Gasteiger partial charge in [-0.2, -0.15) is 0 Å². The molecular formula is C11H9N5O2. The number of rotatable bonds is 2. The van der Waals surface area contributed by atoms with Crippen molar-refractivity contribution in [2.24, 2.45) is 7.05 Å². The van der Waals surface area contributed by atoms with Crippen molar-refractivity contribution in [3.8, 4) is 11.5 Å². The number of nitrogens with one attached hydrogen (secondary N) is 1. The van der Waals surface area contributed by atoms with E-state index in [-0.39, 0.29) is 5.56 Å². The Kier molecular flexibility index (Phi) is 2.12. The van der Waals surface area contributed by atoms with Gasteiger partial charge in [0.15, 0.2) is 5.82 Å². The number of nitrogens with zero attached hydrogens (tertiary/aromatic N) is 4. The highest BCUT2D eigenvalue weighted by molar-refractivity contribution is 5.92. The number of hydrogen-bond acceptors (Lipinski definition) is 4. The van der Waals surface area contributed by atoms with Crippen molar-refractivity contribution in [2.45, 2.75) is 0 Å². The van der Waals surface area contributed by atoms with E-state index in [2.05, 4.69) is 20.3 Å². The molecule has 90 valence electrons. The van der Waals surface area contributed by atoms with Crippen LogP contribution in [0.5, 0.6) is 0 Å². The first-order chi connectivity index (χ1) is 8.65. The highest BCUT2D eigenvalue weighted by Gasteiger charge is 2.11. The quantitative estimate of drug-likeness (QED) is 0.701. The number of hydrogen-bond donors (Lipinski definition) is 2. The van der Waals surface area contributed by atoms with Crippen LogP contribution in [0.4, 0.5) is 0 Å². The molecule has 7 nitrogen and oxygen atoms in total.